The van der Waals surface area contributed by atoms with Crippen LogP contribution in [0.15, 0.2) is 53.0 Å². The minimum atomic E-state index is -0.137. The molecule has 0 heterocycles. The van der Waals surface area contributed by atoms with E-state index in [1.54, 1.807) is 30.3 Å². The van der Waals surface area contributed by atoms with E-state index in [4.69, 9.17) is 5.73 Å². The van der Waals surface area contributed by atoms with E-state index < -0.39 is 0 Å². The monoisotopic (exact) mass is 290 g/mol. The summed E-state index contributed by atoms with van der Waals surface area (Å²) in [6.07, 6.45) is 0. The molecule has 0 saturated carbocycles. The van der Waals surface area contributed by atoms with E-state index in [0.29, 0.717) is 16.9 Å². The van der Waals surface area contributed by atoms with Crippen LogP contribution in [0, 0.1) is 0 Å². The number of benzene rings is 2. The lowest BCUT2D eigenvalue weighted by Gasteiger charge is -2.06. The zero-order valence-electron chi connectivity index (χ0n) is 8.98. The summed E-state index contributed by atoms with van der Waals surface area (Å²) in [7, 11) is 0. The Bertz CT molecular complexity index is 540. The third-order valence-electron chi connectivity index (χ3n) is 2.29. The SMILES string of the molecule is Nc1ccc(NC(=O)c2ccccc2)cc1Br. The number of nitrogens with one attached hydrogen (secondary N) is 1. The number of anilines is 2. The molecule has 0 atom stereocenters. The number of hydrogen-bond acceptors (Lipinski definition) is 2. The van der Waals surface area contributed by atoms with Gasteiger partial charge in [-0.1, -0.05) is 18.2 Å². The molecule has 2 rings (SSSR count). The molecule has 0 bridgehead atoms. The van der Waals surface area contributed by atoms with Crippen molar-refractivity contribution in [2.24, 2.45) is 0 Å². The number of carbonyl (C=O) groups excluding carboxylic acids is 1. The first kappa shape index (κ1) is 11.7. The van der Waals surface area contributed by atoms with E-state index in [1.165, 1.54) is 0 Å². The number of carbonyl (C=O) groups is 1. The quantitative estimate of drug-likeness (QED) is 0.834. The van der Waals surface area contributed by atoms with Crippen molar-refractivity contribution in [3.8, 4) is 0 Å². The minimum Gasteiger partial charge on any atom is -0.398 e. The van der Waals surface area contributed by atoms with Crippen LogP contribution >= 0.6 is 15.9 Å². The van der Waals surface area contributed by atoms with Gasteiger partial charge in [-0.25, -0.2) is 0 Å². The molecule has 0 spiro atoms. The molecule has 1 amide bonds. The third kappa shape index (κ3) is 2.85. The summed E-state index contributed by atoms with van der Waals surface area (Å²) in [5.41, 5.74) is 7.65. The number of nitrogen functional groups attached to an aromatic ring is 1. The summed E-state index contributed by atoms with van der Waals surface area (Å²) in [6.45, 7) is 0. The summed E-state index contributed by atoms with van der Waals surface area (Å²) < 4.78 is 0.767. The normalized spacial score (nSPS) is 9.94. The van der Waals surface area contributed by atoms with Gasteiger partial charge < -0.3 is 11.1 Å². The molecule has 4 heteroatoms. The summed E-state index contributed by atoms with van der Waals surface area (Å²) >= 11 is 3.32. The van der Waals surface area contributed by atoms with Gasteiger partial charge in [0.25, 0.3) is 5.91 Å². The van der Waals surface area contributed by atoms with Crippen LogP contribution in [0.5, 0.6) is 0 Å². The van der Waals surface area contributed by atoms with E-state index >= 15 is 0 Å². The van der Waals surface area contributed by atoms with Crippen molar-refractivity contribution in [1.29, 1.82) is 0 Å². The highest BCUT2D eigenvalue weighted by Crippen LogP contribution is 2.23. The number of rotatable bonds is 2. The number of amides is 1. The molecule has 0 aliphatic carbocycles. The number of hydrogen-bond donors (Lipinski definition) is 2. The molecule has 0 aromatic heterocycles. The van der Waals surface area contributed by atoms with Crippen LogP contribution < -0.4 is 11.1 Å². The summed E-state index contributed by atoms with van der Waals surface area (Å²) in [4.78, 5) is 11.9. The maximum Gasteiger partial charge on any atom is 0.255 e. The topological polar surface area (TPSA) is 55.1 Å². The first-order chi connectivity index (χ1) is 8.16. The fourth-order valence-electron chi connectivity index (χ4n) is 1.40. The Labute approximate surface area is 108 Å². The van der Waals surface area contributed by atoms with Crippen LogP contribution in [0.2, 0.25) is 0 Å². The molecule has 86 valence electrons. The van der Waals surface area contributed by atoms with Crippen molar-refractivity contribution < 1.29 is 4.79 Å². The summed E-state index contributed by atoms with van der Waals surface area (Å²) in [5.74, 6) is -0.137. The van der Waals surface area contributed by atoms with Crippen molar-refractivity contribution in [2.45, 2.75) is 0 Å². The average molecular weight is 291 g/mol. The van der Waals surface area contributed by atoms with Crippen molar-refractivity contribution in [1.82, 2.24) is 0 Å². The van der Waals surface area contributed by atoms with Crippen molar-refractivity contribution >= 4 is 33.2 Å². The predicted octanol–water partition coefficient (Wildman–Crippen LogP) is 3.28. The van der Waals surface area contributed by atoms with E-state index in [1.807, 2.05) is 18.2 Å². The number of nitrogens with two attached hydrogens (primary N) is 1. The van der Waals surface area contributed by atoms with Crippen LogP contribution in [-0.4, -0.2) is 5.91 Å². The van der Waals surface area contributed by atoms with Gasteiger partial charge in [0.15, 0.2) is 0 Å². The molecule has 0 unspecified atom stereocenters. The molecule has 3 N–H and O–H groups in total. The van der Waals surface area contributed by atoms with Gasteiger partial charge in [-0.05, 0) is 46.3 Å². The first-order valence-corrected chi connectivity index (χ1v) is 5.87. The van der Waals surface area contributed by atoms with Gasteiger partial charge in [-0.3, -0.25) is 4.79 Å². The largest absolute Gasteiger partial charge is 0.398 e. The van der Waals surface area contributed by atoms with Gasteiger partial charge in [0.2, 0.25) is 0 Å². The van der Waals surface area contributed by atoms with Gasteiger partial charge in [0.05, 0.1) is 0 Å². The van der Waals surface area contributed by atoms with Crippen LogP contribution in [0.3, 0.4) is 0 Å². The molecule has 17 heavy (non-hydrogen) atoms. The lowest BCUT2D eigenvalue weighted by Crippen LogP contribution is -2.11. The highest BCUT2D eigenvalue weighted by atomic mass is 79.9. The van der Waals surface area contributed by atoms with Crippen molar-refractivity contribution in [3.05, 3.63) is 58.6 Å². The van der Waals surface area contributed by atoms with Crippen LogP contribution in [0.4, 0.5) is 11.4 Å². The van der Waals surface area contributed by atoms with Gasteiger partial charge >= 0.3 is 0 Å². The Balaban J connectivity index is 2.16. The van der Waals surface area contributed by atoms with Gasteiger partial charge in [0.1, 0.15) is 0 Å². The molecule has 2 aromatic rings. The maximum atomic E-state index is 11.9. The molecule has 0 saturated heterocycles. The molecule has 0 aliphatic rings. The molecular formula is C13H11BrN2O. The minimum absolute atomic E-state index is 0.137. The average Bonchev–Trinajstić information content (AvgIpc) is 2.35. The lowest BCUT2D eigenvalue weighted by molar-refractivity contribution is 0.102. The third-order valence-corrected chi connectivity index (χ3v) is 2.98. The van der Waals surface area contributed by atoms with Crippen LogP contribution in [-0.2, 0) is 0 Å². The van der Waals surface area contributed by atoms with E-state index in [9.17, 15) is 4.79 Å². The molecule has 3 nitrogen and oxygen atoms in total. The molecule has 2 aromatic carbocycles. The standard InChI is InChI=1S/C13H11BrN2O/c14-11-8-10(6-7-12(11)15)16-13(17)9-4-2-1-3-5-9/h1-8H,15H2,(H,16,17). The zero-order valence-corrected chi connectivity index (χ0v) is 10.6. The van der Waals surface area contributed by atoms with Crippen LogP contribution in [0.25, 0.3) is 0 Å². The fraction of sp³-hybridized carbons (Fsp3) is 0. The van der Waals surface area contributed by atoms with E-state index in [0.717, 1.165) is 4.47 Å². The summed E-state index contributed by atoms with van der Waals surface area (Å²) in [6, 6.07) is 14.3. The highest BCUT2D eigenvalue weighted by Gasteiger charge is 2.05. The Morgan fingerprint density at radius 2 is 1.82 bits per heavy atom. The number of halogens is 1. The molecule has 0 radical (unpaired) electrons. The van der Waals surface area contributed by atoms with Gasteiger partial charge in [0, 0.05) is 21.4 Å². The second-order valence-corrected chi connectivity index (χ2v) is 4.41. The second-order valence-electron chi connectivity index (χ2n) is 3.56. The first-order valence-electron chi connectivity index (χ1n) is 5.08. The molecule has 0 aliphatic heterocycles. The Morgan fingerprint density at radius 1 is 1.12 bits per heavy atom. The lowest BCUT2D eigenvalue weighted by atomic mass is 10.2. The van der Waals surface area contributed by atoms with Crippen LogP contribution in [0.1, 0.15) is 10.4 Å². The van der Waals surface area contributed by atoms with Gasteiger partial charge in [-0.2, -0.15) is 0 Å². The fourth-order valence-corrected chi connectivity index (χ4v) is 1.78. The van der Waals surface area contributed by atoms with E-state index in [-0.39, 0.29) is 5.91 Å². The van der Waals surface area contributed by atoms with Crippen molar-refractivity contribution in [3.63, 3.8) is 0 Å². The van der Waals surface area contributed by atoms with Gasteiger partial charge in [-0.15, -0.1) is 0 Å². The smallest absolute Gasteiger partial charge is 0.255 e. The molecule has 0 fully saturated rings. The van der Waals surface area contributed by atoms with Crippen molar-refractivity contribution in [2.75, 3.05) is 11.1 Å². The predicted molar refractivity (Wildman–Crippen MR) is 72.9 cm³/mol. The second kappa shape index (κ2) is 5.01. The van der Waals surface area contributed by atoms with E-state index in [2.05, 4.69) is 21.2 Å². The summed E-state index contributed by atoms with van der Waals surface area (Å²) in [5, 5.41) is 2.80. The highest BCUT2D eigenvalue weighted by molar-refractivity contribution is 9.10. The Hall–Kier alpha value is -1.81. The Morgan fingerprint density at radius 3 is 2.47 bits per heavy atom. The zero-order chi connectivity index (χ0) is 12.3. The Kier molecular flexibility index (Phi) is 3.44. The maximum absolute atomic E-state index is 11.9. The molecular weight excluding hydrogens is 280 g/mol.